The third kappa shape index (κ3) is 2.43. The molecule has 1 fully saturated rings. The SMILES string of the molecule is CCOC(=O)c1cc(C2CC2)cnc1CBr. The maximum Gasteiger partial charge on any atom is 0.340 e. The third-order valence-electron chi connectivity index (χ3n) is 2.66. The smallest absolute Gasteiger partial charge is 0.340 e. The summed E-state index contributed by atoms with van der Waals surface area (Å²) in [7, 11) is 0. The van der Waals surface area contributed by atoms with Crippen LogP contribution < -0.4 is 0 Å². The molecule has 1 aliphatic rings. The van der Waals surface area contributed by atoms with Gasteiger partial charge in [-0.15, -0.1) is 0 Å². The molecule has 0 unspecified atom stereocenters. The first-order valence-electron chi connectivity index (χ1n) is 5.48. The van der Waals surface area contributed by atoms with Crippen LogP contribution in [0.4, 0.5) is 0 Å². The van der Waals surface area contributed by atoms with Crippen LogP contribution in [-0.4, -0.2) is 17.6 Å². The summed E-state index contributed by atoms with van der Waals surface area (Å²) in [4.78, 5) is 16.1. The van der Waals surface area contributed by atoms with Gasteiger partial charge >= 0.3 is 5.97 Å². The molecule has 0 aromatic carbocycles. The van der Waals surface area contributed by atoms with Crippen molar-refractivity contribution in [1.82, 2.24) is 4.98 Å². The molecule has 0 saturated heterocycles. The Hall–Kier alpha value is -0.900. The van der Waals surface area contributed by atoms with E-state index < -0.39 is 0 Å². The highest BCUT2D eigenvalue weighted by Gasteiger charge is 2.25. The first kappa shape index (κ1) is 11.6. The Morgan fingerprint density at radius 3 is 2.94 bits per heavy atom. The molecule has 1 saturated carbocycles. The van der Waals surface area contributed by atoms with E-state index in [0.717, 1.165) is 11.3 Å². The number of carbonyl (C=O) groups is 1. The molecule has 0 spiro atoms. The molecule has 2 rings (SSSR count). The van der Waals surface area contributed by atoms with Crippen molar-refractivity contribution < 1.29 is 9.53 Å². The Kier molecular flexibility index (Phi) is 3.59. The molecule has 0 aliphatic heterocycles. The lowest BCUT2D eigenvalue weighted by molar-refractivity contribution is 0.0524. The summed E-state index contributed by atoms with van der Waals surface area (Å²) in [6, 6.07) is 1.93. The molecule has 0 bridgehead atoms. The summed E-state index contributed by atoms with van der Waals surface area (Å²) < 4.78 is 5.03. The fourth-order valence-electron chi connectivity index (χ4n) is 1.64. The largest absolute Gasteiger partial charge is 0.462 e. The van der Waals surface area contributed by atoms with Gasteiger partial charge in [0.2, 0.25) is 0 Å². The zero-order chi connectivity index (χ0) is 11.5. The van der Waals surface area contributed by atoms with E-state index in [1.54, 1.807) is 0 Å². The normalized spacial score (nSPS) is 14.9. The molecule has 1 heterocycles. The average molecular weight is 284 g/mol. The van der Waals surface area contributed by atoms with Gasteiger partial charge in [-0.1, -0.05) is 15.9 Å². The van der Waals surface area contributed by atoms with E-state index >= 15 is 0 Å². The second-order valence-electron chi connectivity index (χ2n) is 3.89. The van der Waals surface area contributed by atoms with Crippen LogP contribution in [0.3, 0.4) is 0 Å². The number of nitrogens with zero attached hydrogens (tertiary/aromatic N) is 1. The lowest BCUT2D eigenvalue weighted by atomic mass is 10.1. The van der Waals surface area contributed by atoms with Crippen LogP contribution in [0.2, 0.25) is 0 Å². The van der Waals surface area contributed by atoms with Crippen molar-refractivity contribution in [1.29, 1.82) is 0 Å². The molecular formula is C12H14BrNO2. The summed E-state index contributed by atoms with van der Waals surface area (Å²) in [5, 5.41) is 0.575. The Labute approximate surface area is 103 Å². The number of esters is 1. The van der Waals surface area contributed by atoms with Gasteiger partial charge in [0.05, 0.1) is 17.9 Å². The highest BCUT2D eigenvalue weighted by Crippen LogP contribution is 2.40. The van der Waals surface area contributed by atoms with Gasteiger partial charge in [0.15, 0.2) is 0 Å². The van der Waals surface area contributed by atoms with E-state index in [1.807, 2.05) is 19.2 Å². The summed E-state index contributed by atoms with van der Waals surface area (Å²) in [6.45, 7) is 2.21. The monoisotopic (exact) mass is 283 g/mol. The molecule has 1 aromatic heterocycles. The number of alkyl halides is 1. The second-order valence-corrected chi connectivity index (χ2v) is 4.45. The summed E-state index contributed by atoms with van der Waals surface area (Å²) in [5.74, 6) is 0.331. The average Bonchev–Trinajstić information content (AvgIpc) is 3.12. The molecule has 0 N–H and O–H groups in total. The van der Waals surface area contributed by atoms with E-state index in [4.69, 9.17) is 4.74 Å². The highest BCUT2D eigenvalue weighted by molar-refractivity contribution is 9.08. The number of hydrogen-bond acceptors (Lipinski definition) is 3. The molecule has 1 aliphatic carbocycles. The molecule has 4 heteroatoms. The molecule has 0 radical (unpaired) electrons. The van der Waals surface area contributed by atoms with Crippen molar-refractivity contribution in [2.75, 3.05) is 6.61 Å². The van der Waals surface area contributed by atoms with Crippen molar-refractivity contribution in [2.45, 2.75) is 31.0 Å². The van der Waals surface area contributed by atoms with E-state index in [-0.39, 0.29) is 5.97 Å². The Bertz CT molecular complexity index is 402. The fourth-order valence-corrected chi connectivity index (χ4v) is 2.09. The zero-order valence-electron chi connectivity index (χ0n) is 9.20. The maximum absolute atomic E-state index is 11.7. The minimum Gasteiger partial charge on any atom is -0.462 e. The topological polar surface area (TPSA) is 39.2 Å². The molecule has 16 heavy (non-hydrogen) atoms. The van der Waals surface area contributed by atoms with Crippen molar-refractivity contribution in [2.24, 2.45) is 0 Å². The van der Waals surface area contributed by atoms with E-state index in [1.165, 1.54) is 12.8 Å². The van der Waals surface area contributed by atoms with Gasteiger partial charge in [-0.3, -0.25) is 4.98 Å². The first-order valence-corrected chi connectivity index (χ1v) is 6.60. The number of halogens is 1. The van der Waals surface area contributed by atoms with Crippen LogP contribution >= 0.6 is 15.9 Å². The van der Waals surface area contributed by atoms with Crippen molar-refractivity contribution in [3.63, 3.8) is 0 Å². The maximum atomic E-state index is 11.7. The van der Waals surface area contributed by atoms with Crippen LogP contribution in [0, 0.1) is 0 Å². The summed E-state index contributed by atoms with van der Waals surface area (Å²) in [6.07, 6.45) is 4.28. The van der Waals surface area contributed by atoms with Crippen molar-refractivity contribution >= 4 is 21.9 Å². The van der Waals surface area contributed by atoms with Crippen LogP contribution in [-0.2, 0) is 10.1 Å². The standard InChI is InChI=1S/C12H14BrNO2/c1-2-16-12(15)10-5-9(8-3-4-8)7-14-11(10)6-13/h5,7-8H,2-4,6H2,1H3. The minimum atomic E-state index is -0.271. The van der Waals surface area contributed by atoms with Crippen molar-refractivity contribution in [3.8, 4) is 0 Å². The number of hydrogen-bond donors (Lipinski definition) is 0. The predicted molar refractivity (Wildman–Crippen MR) is 64.8 cm³/mol. The van der Waals surface area contributed by atoms with Gasteiger partial charge in [-0.05, 0) is 37.3 Å². The predicted octanol–water partition coefficient (Wildman–Crippen LogP) is 3.03. The van der Waals surface area contributed by atoms with E-state index in [2.05, 4.69) is 20.9 Å². The van der Waals surface area contributed by atoms with Gasteiger partial charge in [0.25, 0.3) is 0 Å². The lowest BCUT2D eigenvalue weighted by Gasteiger charge is -2.07. The summed E-state index contributed by atoms with van der Waals surface area (Å²) >= 11 is 3.33. The first-order chi connectivity index (χ1) is 7.76. The van der Waals surface area contributed by atoms with Gasteiger partial charge < -0.3 is 4.74 Å². The molecular weight excluding hydrogens is 270 g/mol. The third-order valence-corrected chi connectivity index (χ3v) is 3.19. The number of carbonyl (C=O) groups excluding carboxylic acids is 1. The van der Waals surface area contributed by atoms with Crippen LogP contribution in [0.25, 0.3) is 0 Å². The Morgan fingerprint density at radius 1 is 1.62 bits per heavy atom. The number of rotatable bonds is 4. The highest BCUT2D eigenvalue weighted by atomic mass is 79.9. The van der Waals surface area contributed by atoms with Crippen LogP contribution in [0.5, 0.6) is 0 Å². The number of ether oxygens (including phenoxy) is 1. The second kappa shape index (κ2) is 4.95. The van der Waals surface area contributed by atoms with Crippen molar-refractivity contribution in [3.05, 3.63) is 29.1 Å². The molecule has 0 amide bonds. The zero-order valence-corrected chi connectivity index (χ0v) is 10.8. The van der Waals surface area contributed by atoms with Crippen LogP contribution in [0.15, 0.2) is 12.3 Å². The summed E-state index contributed by atoms with van der Waals surface area (Å²) in [5.41, 5.74) is 2.51. The number of pyridine rings is 1. The van der Waals surface area contributed by atoms with Gasteiger partial charge in [0, 0.05) is 11.5 Å². The van der Waals surface area contributed by atoms with Gasteiger partial charge in [-0.25, -0.2) is 4.79 Å². The molecule has 1 aromatic rings. The van der Waals surface area contributed by atoms with E-state index in [0.29, 0.717) is 23.4 Å². The fraction of sp³-hybridized carbons (Fsp3) is 0.500. The molecule has 0 atom stereocenters. The van der Waals surface area contributed by atoms with Gasteiger partial charge in [0.1, 0.15) is 0 Å². The quantitative estimate of drug-likeness (QED) is 0.630. The number of aromatic nitrogens is 1. The minimum absolute atomic E-state index is 0.271. The lowest BCUT2D eigenvalue weighted by Crippen LogP contribution is -2.09. The Morgan fingerprint density at radius 2 is 2.38 bits per heavy atom. The molecule has 86 valence electrons. The van der Waals surface area contributed by atoms with Crippen LogP contribution in [0.1, 0.15) is 47.3 Å². The van der Waals surface area contributed by atoms with Gasteiger partial charge in [-0.2, -0.15) is 0 Å². The Balaban J connectivity index is 2.30. The molecule has 3 nitrogen and oxygen atoms in total. The van der Waals surface area contributed by atoms with E-state index in [9.17, 15) is 4.79 Å².